The zero-order chi connectivity index (χ0) is 22.4. The molecule has 0 spiro atoms. The Morgan fingerprint density at radius 3 is 2.57 bits per heavy atom. The van der Waals surface area contributed by atoms with Gasteiger partial charge in [-0.2, -0.15) is 0 Å². The van der Waals surface area contributed by atoms with Crippen LogP contribution in [0.25, 0.3) is 0 Å². The highest BCUT2D eigenvalue weighted by Gasteiger charge is 2.25. The zero-order valence-electron chi connectivity index (χ0n) is 15.7. The number of hydrogen-bond acceptors (Lipinski definition) is 11. The van der Waals surface area contributed by atoms with Crippen molar-refractivity contribution in [1.82, 2.24) is 4.98 Å². The molecule has 0 aliphatic rings. The van der Waals surface area contributed by atoms with Gasteiger partial charge in [0.15, 0.2) is 0 Å². The van der Waals surface area contributed by atoms with Crippen molar-refractivity contribution in [2.75, 3.05) is 23.5 Å². The molecular weight excluding hydrogens is 402 g/mol. The van der Waals surface area contributed by atoms with Crippen molar-refractivity contribution in [2.45, 2.75) is 13.0 Å². The molecule has 0 fully saturated rings. The maximum absolute atomic E-state index is 11.4. The number of non-ortho nitro benzene ring substituents is 1. The summed E-state index contributed by atoms with van der Waals surface area (Å²) in [5.41, 5.74) is 4.88. The molecular formula is C16H17N7O7. The number of nitro groups is 2. The molecule has 1 unspecified atom stereocenters. The number of carbonyl (C=O) groups excluding carboxylic acids is 1. The van der Waals surface area contributed by atoms with E-state index in [4.69, 9.17) is 5.73 Å². The van der Waals surface area contributed by atoms with Crippen molar-refractivity contribution in [2.24, 2.45) is 5.16 Å². The van der Waals surface area contributed by atoms with Gasteiger partial charge in [-0.1, -0.05) is 17.3 Å². The lowest BCUT2D eigenvalue weighted by Crippen LogP contribution is -2.28. The molecule has 0 aliphatic carbocycles. The highest BCUT2D eigenvalue weighted by atomic mass is 16.6. The van der Waals surface area contributed by atoms with E-state index in [1.54, 1.807) is 0 Å². The summed E-state index contributed by atoms with van der Waals surface area (Å²) in [5.74, 6) is -0.612. The topological polar surface area (TPSA) is 208 Å². The summed E-state index contributed by atoms with van der Waals surface area (Å²) in [6, 6.07) is 5.59. The predicted octanol–water partition coefficient (Wildman–Crippen LogP) is 2.34. The summed E-state index contributed by atoms with van der Waals surface area (Å²) in [5, 5.41) is 40.0. The van der Waals surface area contributed by atoms with Gasteiger partial charge in [-0.05, 0) is 6.92 Å². The van der Waals surface area contributed by atoms with Gasteiger partial charge in [0.2, 0.25) is 5.82 Å². The smallest absolute Gasteiger partial charge is 0.412 e. The molecule has 158 valence electrons. The van der Waals surface area contributed by atoms with Crippen LogP contribution in [0.3, 0.4) is 0 Å². The largest absolute Gasteiger partial charge is 0.453 e. The maximum Gasteiger partial charge on any atom is 0.412 e. The van der Waals surface area contributed by atoms with E-state index in [9.17, 15) is 30.2 Å². The number of amides is 1. The molecule has 2 rings (SSSR count). The number of aromatic nitrogens is 1. The lowest BCUT2D eigenvalue weighted by atomic mass is 10.0. The minimum absolute atomic E-state index is 0.0362. The van der Waals surface area contributed by atoms with Crippen LogP contribution in [0.4, 0.5) is 33.5 Å². The van der Waals surface area contributed by atoms with Crippen molar-refractivity contribution < 1.29 is 24.6 Å². The molecule has 2 aromatic rings. The fourth-order valence-electron chi connectivity index (χ4n) is 2.55. The molecule has 5 N–H and O–H groups in total. The van der Waals surface area contributed by atoms with Crippen molar-refractivity contribution in [3.05, 3.63) is 56.1 Å². The first-order chi connectivity index (χ1) is 14.2. The highest BCUT2D eigenvalue weighted by Crippen LogP contribution is 2.33. The Morgan fingerprint density at radius 2 is 2.00 bits per heavy atom. The van der Waals surface area contributed by atoms with Gasteiger partial charge in [-0.15, -0.1) is 0 Å². The molecule has 30 heavy (non-hydrogen) atoms. The molecule has 1 heterocycles. The number of nitro benzene ring substituents is 1. The maximum atomic E-state index is 11.4. The number of nitrogens with one attached hydrogen (secondary N) is 2. The van der Waals surface area contributed by atoms with Gasteiger partial charge in [-0.25, -0.2) is 9.78 Å². The first kappa shape index (κ1) is 21.8. The minimum Gasteiger partial charge on any atom is -0.453 e. The summed E-state index contributed by atoms with van der Waals surface area (Å²) in [4.78, 5) is 36.1. The minimum atomic E-state index is -0.872. The third-order valence-corrected chi connectivity index (χ3v) is 3.86. The third kappa shape index (κ3) is 4.86. The average molecular weight is 419 g/mol. The summed E-state index contributed by atoms with van der Waals surface area (Å²) in [7, 11) is 1.12. The first-order valence-corrected chi connectivity index (χ1v) is 8.21. The van der Waals surface area contributed by atoms with Crippen LogP contribution in [0.5, 0.6) is 0 Å². The van der Waals surface area contributed by atoms with E-state index in [2.05, 4.69) is 25.5 Å². The Balaban J connectivity index is 2.43. The summed E-state index contributed by atoms with van der Waals surface area (Å²) < 4.78 is 4.44. The third-order valence-electron chi connectivity index (χ3n) is 3.86. The molecule has 0 saturated heterocycles. The quantitative estimate of drug-likeness (QED) is 0.223. The van der Waals surface area contributed by atoms with E-state index in [0.29, 0.717) is 0 Å². The second-order valence-corrected chi connectivity index (χ2v) is 5.82. The average Bonchev–Trinajstić information content (AvgIpc) is 2.68. The van der Waals surface area contributed by atoms with Crippen LogP contribution in [-0.2, 0) is 4.74 Å². The van der Waals surface area contributed by atoms with Crippen molar-refractivity contribution in [3.63, 3.8) is 0 Å². The molecule has 14 nitrogen and oxygen atoms in total. The monoisotopic (exact) mass is 419 g/mol. The fourth-order valence-corrected chi connectivity index (χ4v) is 2.55. The molecule has 0 bridgehead atoms. The second kappa shape index (κ2) is 9.13. The van der Waals surface area contributed by atoms with Gasteiger partial charge in [0.05, 0.1) is 23.0 Å². The Bertz CT molecular complexity index is 1020. The van der Waals surface area contributed by atoms with E-state index in [0.717, 1.165) is 13.2 Å². The van der Waals surface area contributed by atoms with Crippen molar-refractivity contribution >= 4 is 40.5 Å². The van der Waals surface area contributed by atoms with E-state index < -0.39 is 33.5 Å². The van der Waals surface area contributed by atoms with Crippen LogP contribution >= 0.6 is 0 Å². The molecule has 14 heteroatoms. The number of methoxy groups -OCH3 is 1. The van der Waals surface area contributed by atoms with Crippen molar-refractivity contribution in [1.29, 1.82) is 0 Å². The summed E-state index contributed by atoms with van der Waals surface area (Å²) in [6.45, 7) is 1.50. The van der Waals surface area contributed by atoms with E-state index in [-0.39, 0.29) is 28.5 Å². The number of nitrogens with two attached hydrogens (primary N) is 1. The lowest BCUT2D eigenvalue weighted by molar-refractivity contribution is -0.384. The number of ether oxygens (including phenoxy) is 1. The van der Waals surface area contributed by atoms with Gasteiger partial charge in [0, 0.05) is 23.8 Å². The first-order valence-electron chi connectivity index (χ1n) is 8.21. The van der Waals surface area contributed by atoms with Crippen LogP contribution in [0.15, 0.2) is 35.5 Å². The Labute approximate surface area is 168 Å². The SMILES string of the molecule is COC(=O)Nc1cc(NC(C)/C(=N/O)c2cccc([N+](=O)[O-])c2)c([N+](=O)[O-])c(N)n1. The number of nitrogen functional groups attached to an aromatic ring is 1. The van der Waals surface area contributed by atoms with Gasteiger partial charge in [-0.3, -0.25) is 25.5 Å². The van der Waals surface area contributed by atoms with Gasteiger partial charge in [0.25, 0.3) is 5.69 Å². The molecule has 1 aromatic carbocycles. The lowest BCUT2D eigenvalue weighted by Gasteiger charge is -2.18. The molecule has 0 saturated carbocycles. The molecule has 0 radical (unpaired) electrons. The normalized spacial score (nSPS) is 12.0. The Morgan fingerprint density at radius 1 is 1.30 bits per heavy atom. The van der Waals surface area contributed by atoms with Gasteiger partial charge < -0.3 is 21.0 Å². The number of benzene rings is 1. The fraction of sp³-hybridized carbons (Fsp3) is 0.188. The van der Waals surface area contributed by atoms with Crippen LogP contribution < -0.4 is 16.4 Å². The number of rotatable bonds is 7. The molecule has 1 atom stereocenters. The Hall–Kier alpha value is -4.49. The number of nitrogens with zero attached hydrogens (tertiary/aromatic N) is 4. The molecule has 0 aliphatic heterocycles. The number of pyridine rings is 1. The number of oxime groups is 1. The number of hydrogen-bond donors (Lipinski definition) is 4. The van der Waals surface area contributed by atoms with Crippen LogP contribution in [0.2, 0.25) is 0 Å². The standard InChI is InChI=1S/C16H17N7O7/c1-8(13(21-25)9-4-3-5-10(6-9)22(26)27)18-11-7-12(20-16(24)30-2)19-15(17)14(11)23(28)29/h3-8,25H,1-2H3,(H4,17,18,19,20,24)/b21-13-. The summed E-state index contributed by atoms with van der Waals surface area (Å²) in [6.07, 6.45) is -0.871. The van der Waals surface area contributed by atoms with E-state index >= 15 is 0 Å². The Kier molecular flexibility index (Phi) is 6.64. The van der Waals surface area contributed by atoms with E-state index in [1.807, 2.05) is 0 Å². The molecule has 1 amide bonds. The van der Waals surface area contributed by atoms with Gasteiger partial charge >= 0.3 is 11.8 Å². The molecule has 1 aromatic heterocycles. The summed E-state index contributed by atoms with van der Waals surface area (Å²) >= 11 is 0. The number of anilines is 3. The van der Waals surface area contributed by atoms with Gasteiger partial charge in [0.1, 0.15) is 17.2 Å². The van der Waals surface area contributed by atoms with Crippen LogP contribution in [-0.4, -0.2) is 45.0 Å². The zero-order valence-corrected chi connectivity index (χ0v) is 15.7. The van der Waals surface area contributed by atoms with E-state index in [1.165, 1.54) is 31.2 Å². The predicted molar refractivity (Wildman–Crippen MR) is 106 cm³/mol. The second-order valence-electron chi connectivity index (χ2n) is 5.82. The van der Waals surface area contributed by atoms with Crippen molar-refractivity contribution in [3.8, 4) is 0 Å². The highest BCUT2D eigenvalue weighted by molar-refractivity contribution is 6.06. The van der Waals surface area contributed by atoms with Crippen LogP contribution in [0.1, 0.15) is 12.5 Å². The number of carbonyl (C=O) groups is 1. The van der Waals surface area contributed by atoms with Crippen LogP contribution in [0, 0.1) is 20.2 Å².